The van der Waals surface area contributed by atoms with Gasteiger partial charge in [0.2, 0.25) is 0 Å². The summed E-state index contributed by atoms with van der Waals surface area (Å²) in [5.41, 5.74) is 2.93. The second-order valence-corrected chi connectivity index (χ2v) is 5.34. The Balaban J connectivity index is 1.86. The summed E-state index contributed by atoms with van der Waals surface area (Å²) in [6, 6.07) is 15.6. The minimum Gasteiger partial charge on any atom is -0.465 e. The van der Waals surface area contributed by atoms with E-state index in [1.807, 2.05) is 24.3 Å². The van der Waals surface area contributed by atoms with Gasteiger partial charge in [0.15, 0.2) is 0 Å². The van der Waals surface area contributed by atoms with E-state index >= 15 is 0 Å². The van der Waals surface area contributed by atoms with E-state index in [2.05, 4.69) is 38.1 Å². The average Bonchev–Trinajstić information content (AvgIpc) is 2.47. The molecule has 2 aromatic rings. The molecular formula is C16H16BrNO2. The molecule has 2 rings (SSSR count). The topological polar surface area (TPSA) is 38.3 Å². The average molecular weight is 334 g/mol. The smallest absolute Gasteiger partial charge is 0.337 e. The standard InChI is InChI=1S/C16H16BrNO2/c1-20-16(19)14-7-5-12(6-8-14)10-18-11-13-3-2-4-15(17)9-13/h2-9,18H,10-11H2,1H3. The fraction of sp³-hybridized carbons (Fsp3) is 0.188. The first-order chi connectivity index (χ1) is 9.69. The lowest BCUT2D eigenvalue weighted by atomic mass is 10.1. The van der Waals surface area contributed by atoms with Crippen LogP contribution in [0.5, 0.6) is 0 Å². The second kappa shape index (κ2) is 7.22. The maximum atomic E-state index is 11.3. The van der Waals surface area contributed by atoms with Gasteiger partial charge in [0.25, 0.3) is 0 Å². The Morgan fingerprint density at radius 2 is 1.80 bits per heavy atom. The zero-order chi connectivity index (χ0) is 14.4. The minimum atomic E-state index is -0.307. The SMILES string of the molecule is COC(=O)c1ccc(CNCc2cccc(Br)c2)cc1. The van der Waals surface area contributed by atoms with Crippen molar-refractivity contribution in [3.8, 4) is 0 Å². The lowest BCUT2D eigenvalue weighted by Gasteiger charge is -2.06. The number of hydrogen-bond acceptors (Lipinski definition) is 3. The van der Waals surface area contributed by atoms with Crippen LogP contribution >= 0.6 is 15.9 Å². The number of methoxy groups -OCH3 is 1. The van der Waals surface area contributed by atoms with Gasteiger partial charge in [-0.25, -0.2) is 4.79 Å². The van der Waals surface area contributed by atoms with Gasteiger partial charge < -0.3 is 10.1 Å². The third-order valence-corrected chi connectivity index (χ3v) is 3.42. The Hall–Kier alpha value is -1.65. The van der Waals surface area contributed by atoms with Crippen LogP contribution in [-0.2, 0) is 17.8 Å². The first kappa shape index (κ1) is 14.8. The number of benzene rings is 2. The van der Waals surface area contributed by atoms with Crippen molar-refractivity contribution in [1.29, 1.82) is 0 Å². The number of halogens is 1. The maximum Gasteiger partial charge on any atom is 0.337 e. The molecule has 0 amide bonds. The molecule has 2 aromatic carbocycles. The van der Waals surface area contributed by atoms with Gasteiger partial charge in [0.05, 0.1) is 12.7 Å². The number of rotatable bonds is 5. The summed E-state index contributed by atoms with van der Waals surface area (Å²) < 4.78 is 5.75. The fourth-order valence-electron chi connectivity index (χ4n) is 1.87. The van der Waals surface area contributed by atoms with Gasteiger partial charge in [0, 0.05) is 17.6 Å². The fourth-order valence-corrected chi connectivity index (χ4v) is 2.32. The number of hydrogen-bond donors (Lipinski definition) is 1. The van der Waals surface area contributed by atoms with E-state index in [0.717, 1.165) is 23.1 Å². The van der Waals surface area contributed by atoms with Crippen molar-refractivity contribution in [3.63, 3.8) is 0 Å². The molecule has 3 nitrogen and oxygen atoms in total. The van der Waals surface area contributed by atoms with E-state index in [0.29, 0.717) is 5.56 Å². The Morgan fingerprint density at radius 3 is 2.45 bits per heavy atom. The molecule has 0 atom stereocenters. The van der Waals surface area contributed by atoms with Crippen molar-refractivity contribution in [2.45, 2.75) is 13.1 Å². The van der Waals surface area contributed by atoms with Gasteiger partial charge in [0.1, 0.15) is 0 Å². The third-order valence-electron chi connectivity index (χ3n) is 2.92. The van der Waals surface area contributed by atoms with E-state index in [4.69, 9.17) is 0 Å². The molecule has 4 heteroatoms. The number of ether oxygens (including phenoxy) is 1. The van der Waals surface area contributed by atoms with Crippen molar-refractivity contribution in [2.24, 2.45) is 0 Å². The van der Waals surface area contributed by atoms with Gasteiger partial charge >= 0.3 is 5.97 Å². The first-order valence-corrected chi connectivity index (χ1v) is 7.11. The largest absolute Gasteiger partial charge is 0.465 e. The number of esters is 1. The molecule has 0 saturated carbocycles. The summed E-state index contributed by atoms with van der Waals surface area (Å²) in [6.07, 6.45) is 0. The van der Waals surface area contributed by atoms with Gasteiger partial charge in [-0.15, -0.1) is 0 Å². The highest BCUT2D eigenvalue weighted by Crippen LogP contribution is 2.11. The van der Waals surface area contributed by atoms with E-state index in [1.54, 1.807) is 12.1 Å². The first-order valence-electron chi connectivity index (χ1n) is 6.31. The molecule has 0 saturated heterocycles. The third kappa shape index (κ3) is 4.18. The van der Waals surface area contributed by atoms with Crippen LogP contribution in [0.1, 0.15) is 21.5 Å². The predicted octanol–water partition coefficient (Wildman–Crippen LogP) is 3.53. The number of carbonyl (C=O) groups excluding carboxylic acids is 1. The van der Waals surface area contributed by atoms with Crippen LogP contribution in [0.3, 0.4) is 0 Å². The Bertz CT molecular complexity index is 581. The monoisotopic (exact) mass is 333 g/mol. The Kier molecular flexibility index (Phi) is 5.32. The molecule has 0 aromatic heterocycles. The maximum absolute atomic E-state index is 11.3. The summed E-state index contributed by atoms with van der Waals surface area (Å²) in [5, 5.41) is 3.37. The minimum absolute atomic E-state index is 0.307. The van der Waals surface area contributed by atoms with Crippen LogP contribution < -0.4 is 5.32 Å². The van der Waals surface area contributed by atoms with Crippen molar-refractivity contribution < 1.29 is 9.53 Å². The van der Waals surface area contributed by atoms with Gasteiger partial charge in [-0.05, 0) is 35.4 Å². The molecule has 0 aliphatic heterocycles. The van der Waals surface area contributed by atoms with Crippen LogP contribution in [0.4, 0.5) is 0 Å². The molecule has 20 heavy (non-hydrogen) atoms. The molecule has 0 spiro atoms. The summed E-state index contributed by atoms with van der Waals surface area (Å²) in [4.78, 5) is 11.3. The van der Waals surface area contributed by atoms with Crippen LogP contribution in [-0.4, -0.2) is 13.1 Å². The lowest BCUT2D eigenvalue weighted by molar-refractivity contribution is 0.0600. The molecule has 0 aliphatic rings. The summed E-state index contributed by atoms with van der Waals surface area (Å²) >= 11 is 3.46. The van der Waals surface area contributed by atoms with Gasteiger partial charge in [-0.2, -0.15) is 0 Å². The number of carbonyl (C=O) groups is 1. The van der Waals surface area contributed by atoms with E-state index < -0.39 is 0 Å². The predicted molar refractivity (Wildman–Crippen MR) is 82.5 cm³/mol. The Morgan fingerprint density at radius 1 is 1.10 bits per heavy atom. The van der Waals surface area contributed by atoms with Crippen LogP contribution in [0.25, 0.3) is 0 Å². The summed E-state index contributed by atoms with van der Waals surface area (Å²) in [6.45, 7) is 1.56. The summed E-state index contributed by atoms with van der Waals surface area (Å²) in [5.74, 6) is -0.307. The number of nitrogens with one attached hydrogen (secondary N) is 1. The zero-order valence-corrected chi connectivity index (χ0v) is 12.8. The molecule has 0 unspecified atom stereocenters. The van der Waals surface area contributed by atoms with E-state index in [-0.39, 0.29) is 5.97 Å². The molecule has 0 radical (unpaired) electrons. The van der Waals surface area contributed by atoms with Crippen LogP contribution in [0, 0.1) is 0 Å². The Labute approximate surface area is 127 Å². The highest BCUT2D eigenvalue weighted by Gasteiger charge is 2.04. The van der Waals surface area contributed by atoms with Crippen LogP contribution in [0.2, 0.25) is 0 Å². The second-order valence-electron chi connectivity index (χ2n) is 4.42. The molecular weight excluding hydrogens is 318 g/mol. The normalized spacial score (nSPS) is 10.3. The molecule has 1 N–H and O–H groups in total. The van der Waals surface area contributed by atoms with Crippen molar-refractivity contribution in [3.05, 3.63) is 69.7 Å². The van der Waals surface area contributed by atoms with Gasteiger partial charge in [-0.3, -0.25) is 0 Å². The summed E-state index contributed by atoms with van der Waals surface area (Å²) in [7, 11) is 1.38. The van der Waals surface area contributed by atoms with Gasteiger partial charge in [-0.1, -0.05) is 40.2 Å². The highest BCUT2D eigenvalue weighted by atomic mass is 79.9. The molecule has 0 fully saturated rings. The van der Waals surface area contributed by atoms with Crippen LogP contribution in [0.15, 0.2) is 53.0 Å². The zero-order valence-electron chi connectivity index (χ0n) is 11.2. The highest BCUT2D eigenvalue weighted by molar-refractivity contribution is 9.10. The van der Waals surface area contributed by atoms with Crippen molar-refractivity contribution in [2.75, 3.05) is 7.11 Å². The van der Waals surface area contributed by atoms with Crippen molar-refractivity contribution >= 4 is 21.9 Å². The lowest BCUT2D eigenvalue weighted by Crippen LogP contribution is -2.12. The van der Waals surface area contributed by atoms with E-state index in [9.17, 15) is 4.79 Å². The van der Waals surface area contributed by atoms with Crippen molar-refractivity contribution in [1.82, 2.24) is 5.32 Å². The molecule has 0 heterocycles. The quantitative estimate of drug-likeness (QED) is 0.850. The van der Waals surface area contributed by atoms with E-state index in [1.165, 1.54) is 12.7 Å². The molecule has 0 aliphatic carbocycles. The molecule has 0 bridgehead atoms. The molecule has 104 valence electrons.